The third-order valence-electron chi connectivity index (χ3n) is 3.44. The Balaban J connectivity index is 2.00. The number of aromatic nitrogens is 3. The molecule has 2 heterocycles. The second kappa shape index (κ2) is 4.13. The van der Waals surface area contributed by atoms with Gasteiger partial charge in [-0.15, -0.1) is 0 Å². The van der Waals surface area contributed by atoms with Crippen molar-refractivity contribution in [2.45, 2.75) is 0 Å². The average molecular weight is 263 g/mol. The number of H-pyrrole nitrogens is 1. The highest BCUT2D eigenvalue weighted by Gasteiger charge is 2.07. The van der Waals surface area contributed by atoms with Gasteiger partial charge in [-0.3, -0.25) is 10.1 Å². The minimum Gasteiger partial charge on any atom is -0.278 e. The predicted octanol–water partition coefficient (Wildman–Crippen LogP) is 3.92. The smallest absolute Gasteiger partial charge is 0.123 e. The molecule has 0 aliphatic rings. The topological polar surface area (TPSA) is 41.6 Å². The van der Waals surface area contributed by atoms with Crippen LogP contribution in [-0.2, 0) is 0 Å². The highest BCUT2D eigenvalue weighted by molar-refractivity contribution is 5.96. The number of hydrogen-bond acceptors (Lipinski definition) is 2. The van der Waals surface area contributed by atoms with Crippen LogP contribution in [0.3, 0.4) is 0 Å². The van der Waals surface area contributed by atoms with Crippen LogP contribution in [0.5, 0.6) is 0 Å². The normalized spacial score (nSPS) is 11.2. The molecule has 0 amide bonds. The SMILES string of the molecule is Fc1ccc2ncc(-c3cccc4[nH]ncc34)cc2c1. The first-order valence-corrected chi connectivity index (χ1v) is 6.29. The summed E-state index contributed by atoms with van der Waals surface area (Å²) in [6, 6.07) is 12.5. The molecule has 4 heteroatoms. The Morgan fingerprint density at radius 3 is 2.90 bits per heavy atom. The summed E-state index contributed by atoms with van der Waals surface area (Å²) >= 11 is 0. The Morgan fingerprint density at radius 2 is 1.95 bits per heavy atom. The third kappa shape index (κ3) is 1.66. The van der Waals surface area contributed by atoms with E-state index >= 15 is 0 Å². The number of hydrogen-bond donors (Lipinski definition) is 1. The van der Waals surface area contributed by atoms with Gasteiger partial charge in [0, 0.05) is 22.5 Å². The van der Waals surface area contributed by atoms with Crippen molar-refractivity contribution in [2.24, 2.45) is 0 Å². The van der Waals surface area contributed by atoms with Crippen LogP contribution in [0.1, 0.15) is 0 Å². The standard InChI is InChI=1S/C16H10FN3/c17-12-4-5-15-10(7-12)6-11(8-18-15)13-2-1-3-16-14(13)9-19-20-16/h1-9H,(H,19,20). The monoisotopic (exact) mass is 263 g/mol. The minimum absolute atomic E-state index is 0.252. The summed E-state index contributed by atoms with van der Waals surface area (Å²) in [6.07, 6.45) is 3.60. The summed E-state index contributed by atoms with van der Waals surface area (Å²) in [5, 5.41) is 8.83. The van der Waals surface area contributed by atoms with Gasteiger partial charge in [0.2, 0.25) is 0 Å². The molecule has 2 aromatic carbocycles. The number of halogens is 1. The van der Waals surface area contributed by atoms with Crippen molar-refractivity contribution in [2.75, 3.05) is 0 Å². The second-order valence-electron chi connectivity index (χ2n) is 4.70. The molecular weight excluding hydrogens is 253 g/mol. The van der Waals surface area contributed by atoms with Gasteiger partial charge in [0.25, 0.3) is 0 Å². The van der Waals surface area contributed by atoms with Gasteiger partial charge in [-0.05, 0) is 35.9 Å². The summed E-state index contributed by atoms with van der Waals surface area (Å²) in [7, 11) is 0. The van der Waals surface area contributed by atoms with E-state index in [0.29, 0.717) is 0 Å². The average Bonchev–Trinajstić information content (AvgIpc) is 2.94. The summed E-state index contributed by atoms with van der Waals surface area (Å²) in [4.78, 5) is 4.39. The maximum Gasteiger partial charge on any atom is 0.123 e. The molecule has 0 spiro atoms. The third-order valence-corrected chi connectivity index (χ3v) is 3.44. The van der Waals surface area contributed by atoms with Crippen molar-refractivity contribution in [1.82, 2.24) is 15.2 Å². The fraction of sp³-hybridized carbons (Fsp3) is 0. The molecule has 20 heavy (non-hydrogen) atoms. The number of pyridine rings is 1. The van der Waals surface area contributed by atoms with Gasteiger partial charge in [0.05, 0.1) is 17.2 Å². The fourth-order valence-electron chi connectivity index (χ4n) is 2.47. The summed E-state index contributed by atoms with van der Waals surface area (Å²) < 4.78 is 13.3. The first-order chi connectivity index (χ1) is 9.81. The molecule has 1 N–H and O–H groups in total. The maximum atomic E-state index is 13.3. The molecule has 4 rings (SSSR count). The summed E-state index contributed by atoms with van der Waals surface area (Å²) in [6.45, 7) is 0. The van der Waals surface area contributed by atoms with Gasteiger partial charge in [-0.2, -0.15) is 5.10 Å². The van der Waals surface area contributed by atoms with E-state index in [1.54, 1.807) is 12.3 Å². The van der Waals surface area contributed by atoms with Crippen LogP contribution in [0.2, 0.25) is 0 Å². The van der Waals surface area contributed by atoms with Crippen molar-refractivity contribution in [3.8, 4) is 11.1 Å². The molecule has 0 radical (unpaired) electrons. The molecule has 2 aromatic heterocycles. The Kier molecular flexibility index (Phi) is 2.29. The van der Waals surface area contributed by atoms with Crippen molar-refractivity contribution >= 4 is 21.8 Å². The molecule has 0 saturated heterocycles. The van der Waals surface area contributed by atoms with Crippen LogP contribution >= 0.6 is 0 Å². The zero-order valence-corrected chi connectivity index (χ0v) is 10.5. The second-order valence-corrected chi connectivity index (χ2v) is 4.70. The molecule has 3 nitrogen and oxygen atoms in total. The molecule has 0 bridgehead atoms. The zero-order valence-electron chi connectivity index (χ0n) is 10.5. The Bertz CT molecular complexity index is 927. The number of benzene rings is 2. The van der Waals surface area contributed by atoms with Crippen LogP contribution < -0.4 is 0 Å². The molecular formula is C16H10FN3. The first kappa shape index (κ1) is 11.1. The maximum absolute atomic E-state index is 13.3. The van der Waals surface area contributed by atoms with E-state index in [-0.39, 0.29) is 5.82 Å². The van der Waals surface area contributed by atoms with Crippen molar-refractivity contribution < 1.29 is 4.39 Å². The van der Waals surface area contributed by atoms with Gasteiger partial charge in [-0.25, -0.2) is 4.39 Å². The highest BCUT2D eigenvalue weighted by atomic mass is 19.1. The lowest BCUT2D eigenvalue weighted by Crippen LogP contribution is -1.85. The molecule has 0 unspecified atom stereocenters. The molecule has 96 valence electrons. The van der Waals surface area contributed by atoms with Gasteiger partial charge < -0.3 is 0 Å². The van der Waals surface area contributed by atoms with Gasteiger partial charge in [0.1, 0.15) is 5.82 Å². The van der Waals surface area contributed by atoms with E-state index in [0.717, 1.165) is 32.9 Å². The quantitative estimate of drug-likeness (QED) is 0.565. The fourth-order valence-corrected chi connectivity index (χ4v) is 2.47. The largest absolute Gasteiger partial charge is 0.278 e. The van der Waals surface area contributed by atoms with Gasteiger partial charge >= 0.3 is 0 Å². The lowest BCUT2D eigenvalue weighted by molar-refractivity contribution is 0.629. The van der Waals surface area contributed by atoms with Crippen LogP contribution in [0.4, 0.5) is 4.39 Å². The molecule has 0 aliphatic carbocycles. The predicted molar refractivity (Wildman–Crippen MR) is 76.8 cm³/mol. The van der Waals surface area contributed by atoms with Crippen molar-refractivity contribution in [3.05, 3.63) is 60.7 Å². The van der Waals surface area contributed by atoms with Crippen LogP contribution in [0.15, 0.2) is 54.9 Å². The Labute approximate surface area is 114 Å². The van der Waals surface area contributed by atoms with Crippen LogP contribution in [0.25, 0.3) is 32.9 Å². The van der Waals surface area contributed by atoms with E-state index in [1.165, 1.54) is 12.1 Å². The number of nitrogens with one attached hydrogen (secondary N) is 1. The van der Waals surface area contributed by atoms with Crippen LogP contribution in [0, 0.1) is 5.82 Å². The Morgan fingerprint density at radius 1 is 1.00 bits per heavy atom. The van der Waals surface area contributed by atoms with Gasteiger partial charge in [-0.1, -0.05) is 12.1 Å². The minimum atomic E-state index is -0.252. The summed E-state index contributed by atoms with van der Waals surface area (Å²) in [5.41, 5.74) is 3.75. The molecule has 0 fully saturated rings. The van der Waals surface area contributed by atoms with Crippen LogP contribution in [-0.4, -0.2) is 15.2 Å². The van der Waals surface area contributed by atoms with E-state index in [4.69, 9.17) is 0 Å². The molecule has 4 aromatic rings. The Hall–Kier alpha value is -2.75. The molecule has 0 atom stereocenters. The molecule has 0 aliphatic heterocycles. The van der Waals surface area contributed by atoms with Crippen molar-refractivity contribution in [1.29, 1.82) is 0 Å². The summed E-state index contributed by atoms with van der Waals surface area (Å²) in [5.74, 6) is -0.252. The van der Waals surface area contributed by atoms with E-state index < -0.39 is 0 Å². The number of rotatable bonds is 1. The number of fused-ring (bicyclic) bond motifs is 2. The first-order valence-electron chi connectivity index (χ1n) is 6.29. The van der Waals surface area contributed by atoms with E-state index in [9.17, 15) is 4.39 Å². The number of aromatic amines is 1. The number of nitrogens with zero attached hydrogens (tertiary/aromatic N) is 2. The van der Waals surface area contributed by atoms with E-state index in [2.05, 4.69) is 15.2 Å². The lowest BCUT2D eigenvalue weighted by atomic mass is 10.0. The molecule has 0 saturated carbocycles. The zero-order chi connectivity index (χ0) is 13.5. The van der Waals surface area contributed by atoms with Gasteiger partial charge in [0.15, 0.2) is 0 Å². The van der Waals surface area contributed by atoms with E-state index in [1.807, 2.05) is 30.5 Å². The highest BCUT2D eigenvalue weighted by Crippen LogP contribution is 2.29. The van der Waals surface area contributed by atoms with Crippen molar-refractivity contribution in [3.63, 3.8) is 0 Å². The lowest BCUT2D eigenvalue weighted by Gasteiger charge is -2.05.